The molecule has 0 radical (unpaired) electrons. The van der Waals surface area contributed by atoms with Gasteiger partial charge < -0.3 is 14.8 Å². The van der Waals surface area contributed by atoms with E-state index in [4.69, 9.17) is 9.47 Å². The molecule has 1 aromatic rings. The Bertz CT molecular complexity index is 1240. The van der Waals surface area contributed by atoms with Crippen molar-refractivity contribution >= 4 is 11.7 Å². The first-order valence-electron chi connectivity index (χ1n) is 14.8. The minimum atomic E-state index is -0.425. The Hall–Kier alpha value is -2.93. The molecule has 1 unspecified atom stereocenters. The number of hydrogen-bond donors (Lipinski definition) is 1. The Balaban J connectivity index is 1.12. The number of rotatable bonds is 6. The molecule has 0 saturated heterocycles. The molecular formula is C32H40N4O3. The Labute approximate surface area is 231 Å². The van der Waals surface area contributed by atoms with Crippen LogP contribution in [0.25, 0.3) is 0 Å². The average molecular weight is 529 g/mol. The van der Waals surface area contributed by atoms with E-state index < -0.39 is 5.41 Å². The summed E-state index contributed by atoms with van der Waals surface area (Å²) in [6.45, 7) is 5.86. The van der Waals surface area contributed by atoms with E-state index in [2.05, 4.69) is 52.3 Å². The first-order valence-corrected chi connectivity index (χ1v) is 14.8. The summed E-state index contributed by atoms with van der Waals surface area (Å²) in [7, 11) is 0. The van der Waals surface area contributed by atoms with E-state index in [-0.39, 0.29) is 17.4 Å². The summed E-state index contributed by atoms with van der Waals surface area (Å²) in [5.74, 6) is 4.05. The normalized spacial score (nSPS) is 32.0. The highest BCUT2D eigenvalue weighted by atomic mass is 16.5. The fourth-order valence-electron chi connectivity index (χ4n) is 8.93. The van der Waals surface area contributed by atoms with Crippen molar-refractivity contribution in [1.29, 1.82) is 0 Å². The average Bonchev–Trinajstić information content (AvgIpc) is 2.94. The van der Waals surface area contributed by atoms with Gasteiger partial charge in [-0.15, -0.1) is 0 Å². The van der Waals surface area contributed by atoms with E-state index in [0.717, 1.165) is 60.6 Å². The molecule has 0 aromatic carbocycles. The molecule has 1 atom stereocenters. The van der Waals surface area contributed by atoms with Crippen LogP contribution < -0.4 is 5.32 Å². The predicted octanol–water partition coefficient (Wildman–Crippen LogP) is 6.02. The van der Waals surface area contributed by atoms with Crippen molar-refractivity contribution in [2.24, 2.45) is 28.6 Å². The maximum absolute atomic E-state index is 14.0. The first-order chi connectivity index (χ1) is 18.9. The van der Waals surface area contributed by atoms with Crippen LogP contribution in [0.2, 0.25) is 0 Å². The Morgan fingerprint density at radius 3 is 2.54 bits per heavy atom. The van der Waals surface area contributed by atoms with E-state index in [0.29, 0.717) is 12.4 Å². The Morgan fingerprint density at radius 1 is 1.10 bits per heavy atom. The summed E-state index contributed by atoms with van der Waals surface area (Å²) in [4.78, 5) is 25.7. The van der Waals surface area contributed by atoms with Gasteiger partial charge in [-0.05, 0) is 86.5 Å². The van der Waals surface area contributed by atoms with Crippen molar-refractivity contribution in [3.63, 3.8) is 0 Å². The molecule has 0 spiro atoms. The third-order valence-corrected chi connectivity index (χ3v) is 10.8. The Kier molecular flexibility index (Phi) is 6.18. The maximum atomic E-state index is 14.0. The van der Waals surface area contributed by atoms with E-state index in [1.165, 1.54) is 44.1 Å². The minimum absolute atomic E-state index is 0.0175. The van der Waals surface area contributed by atoms with Crippen LogP contribution in [-0.2, 0) is 27.2 Å². The van der Waals surface area contributed by atoms with Crippen molar-refractivity contribution in [2.75, 3.05) is 11.9 Å². The van der Waals surface area contributed by atoms with Crippen molar-refractivity contribution in [2.45, 2.75) is 84.2 Å². The number of nitrogens with zero attached hydrogens (tertiary/aromatic N) is 3. The topological polar surface area (TPSA) is 76.6 Å². The van der Waals surface area contributed by atoms with Crippen molar-refractivity contribution < 1.29 is 14.3 Å². The molecule has 5 aliphatic carbocycles. The highest BCUT2D eigenvalue weighted by Gasteiger charge is 2.59. The van der Waals surface area contributed by atoms with Crippen LogP contribution >= 0.6 is 0 Å². The predicted molar refractivity (Wildman–Crippen MR) is 149 cm³/mol. The zero-order valence-electron chi connectivity index (χ0n) is 23.2. The largest absolute Gasteiger partial charge is 0.466 e. The van der Waals surface area contributed by atoms with Gasteiger partial charge in [0.1, 0.15) is 30.9 Å². The van der Waals surface area contributed by atoms with Gasteiger partial charge in [0.05, 0.1) is 11.7 Å². The molecule has 7 aliphatic rings. The second-order valence-electron chi connectivity index (χ2n) is 13.3. The number of nitrogens with one attached hydrogen (secondary N) is 1. The summed E-state index contributed by atoms with van der Waals surface area (Å²) in [6, 6.07) is -0.0175. The molecule has 4 saturated carbocycles. The number of amides is 1. The van der Waals surface area contributed by atoms with Crippen LogP contribution in [0.15, 0.2) is 54.7 Å². The van der Waals surface area contributed by atoms with Gasteiger partial charge in [-0.1, -0.05) is 32.1 Å². The zero-order chi connectivity index (χ0) is 26.6. The number of anilines is 1. The Morgan fingerprint density at radius 2 is 1.87 bits per heavy atom. The SMILES string of the molecule is CC(C)(C(=O)Nc1ncnc2c1CCN(C(C1=CC=CCC1)C1=COC=CO1)C2)C12CC3CC(CC(C3)C1)C2. The van der Waals surface area contributed by atoms with Gasteiger partial charge in [0, 0.05) is 24.1 Å². The van der Waals surface area contributed by atoms with Crippen molar-refractivity contribution in [3.8, 4) is 0 Å². The fraction of sp³-hybridized carbons (Fsp3) is 0.594. The minimum Gasteiger partial charge on any atom is -0.466 e. The molecule has 7 nitrogen and oxygen atoms in total. The molecule has 4 bridgehead atoms. The first kappa shape index (κ1) is 25.1. The lowest BCUT2D eigenvalue weighted by Gasteiger charge is -2.61. The number of aromatic nitrogens is 2. The van der Waals surface area contributed by atoms with E-state index in [1.807, 2.05) is 0 Å². The van der Waals surface area contributed by atoms with Crippen LogP contribution in [0, 0.1) is 28.6 Å². The monoisotopic (exact) mass is 528 g/mol. The van der Waals surface area contributed by atoms with E-state index >= 15 is 0 Å². The van der Waals surface area contributed by atoms with Crippen LogP contribution in [-0.4, -0.2) is 33.4 Å². The summed E-state index contributed by atoms with van der Waals surface area (Å²) in [5, 5.41) is 3.31. The number of carbonyl (C=O) groups excluding carboxylic acids is 1. The molecule has 3 heterocycles. The molecular weight excluding hydrogens is 488 g/mol. The summed E-state index contributed by atoms with van der Waals surface area (Å²) >= 11 is 0. The van der Waals surface area contributed by atoms with E-state index in [9.17, 15) is 4.79 Å². The van der Waals surface area contributed by atoms with Crippen LogP contribution in [0.5, 0.6) is 0 Å². The number of ether oxygens (including phenoxy) is 2. The molecule has 206 valence electrons. The fourth-order valence-corrected chi connectivity index (χ4v) is 8.93. The third kappa shape index (κ3) is 4.33. The smallest absolute Gasteiger partial charge is 0.231 e. The lowest BCUT2D eigenvalue weighted by Crippen LogP contribution is -2.56. The van der Waals surface area contributed by atoms with Gasteiger partial charge in [0.15, 0.2) is 5.76 Å². The second kappa shape index (κ2) is 9.61. The quantitative estimate of drug-likeness (QED) is 0.487. The van der Waals surface area contributed by atoms with Gasteiger partial charge in [-0.2, -0.15) is 0 Å². The lowest BCUT2D eigenvalue weighted by molar-refractivity contribution is -0.151. The lowest BCUT2D eigenvalue weighted by atomic mass is 9.43. The molecule has 1 amide bonds. The molecule has 1 N–H and O–H groups in total. The number of fused-ring (bicyclic) bond motifs is 1. The summed E-state index contributed by atoms with van der Waals surface area (Å²) < 4.78 is 11.4. The molecule has 1 aromatic heterocycles. The highest BCUT2D eigenvalue weighted by molar-refractivity contribution is 5.95. The molecule has 2 aliphatic heterocycles. The number of allylic oxidation sites excluding steroid dienone is 3. The van der Waals surface area contributed by atoms with Crippen molar-refractivity contribution in [3.05, 3.63) is 65.9 Å². The third-order valence-electron chi connectivity index (χ3n) is 10.8. The molecule has 39 heavy (non-hydrogen) atoms. The standard InChI is InChI=1S/C32H40N4O3/c1-31(2,32-15-21-12-22(16-32)14-23(13-21)17-32)30(37)35-29-25-8-9-36(18-26(25)33-20-34-29)28(24-6-4-3-5-7-24)27-19-38-10-11-39-27/h3-4,6,10-11,19-23,28H,5,7-9,12-18H2,1-2H3,(H,33,34,35,37). The van der Waals surface area contributed by atoms with Crippen LogP contribution in [0.1, 0.15) is 76.5 Å². The van der Waals surface area contributed by atoms with Gasteiger partial charge in [-0.25, -0.2) is 9.97 Å². The number of carbonyl (C=O) groups is 1. The van der Waals surface area contributed by atoms with Gasteiger partial charge in [0.2, 0.25) is 5.91 Å². The molecule has 8 rings (SSSR count). The van der Waals surface area contributed by atoms with Crippen LogP contribution in [0.4, 0.5) is 5.82 Å². The van der Waals surface area contributed by atoms with E-state index in [1.54, 1.807) is 25.1 Å². The molecule has 4 fully saturated rings. The van der Waals surface area contributed by atoms with Crippen molar-refractivity contribution in [1.82, 2.24) is 14.9 Å². The highest BCUT2D eigenvalue weighted by Crippen LogP contribution is 2.66. The van der Waals surface area contributed by atoms with Gasteiger partial charge in [0.25, 0.3) is 0 Å². The van der Waals surface area contributed by atoms with Gasteiger partial charge in [-0.3, -0.25) is 9.69 Å². The number of hydrogen-bond acceptors (Lipinski definition) is 6. The van der Waals surface area contributed by atoms with Crippen LogP contribution in [0.3, 0.4) is 0 Å². The zero-order valence-corrected chi connectivity index (χ0v) is 23.2. The maximum Gasteiger partial charge on any atom is 0.231 e. The molecule has 7 heteroatoms. The summed E-state index contributed by atoms with van der Waals surface area (Å²) in [5.41, 5.74) is 3.05. The second-order valence-corrected chi connectivity index (χ2v) is 13.3. The van der Waals surface area contributed by atoms with Gasteiger partial charge >= 0.3 is 0 Å². The summed E-state index contributed by atoms with van der Waals surface area (Å²) in [6.07, 6.45) is 23.5.